The van der Waals surface area contributed by atoms with Gasteiger partial charge in [-0.05, 0) is 44.2 Å². The molecule has 27 heavy (non-hydrogen) atoms. The molecular weight excluding hydrogens is 373 g/mol. The number of nitrogens with one attached hydrogen (secondary N) is 1. The van der Waals surface area contributed by atoms with Gasteiger partial charge < -0.3 is 14.5 Å². The minimum atomic E-state index is -0.441. The lowest BCUT2D eigenvalue weighted by Crippen LogP contribution is -2.23. The molecule has 0 saturated heterocycles. The number of halogens is 2. The van der Waals surface area contributed by atoms with E-state index in [1.165, 1.54) is 18.2 Å². The summed E-state index contributed by atoms with van der Waals surface area (Å²) in [6, 6.07) is 7.08. The third kappa shape index (κ3) is 4.31. The van der Waals surface area contributed by atoms with Gasteiger partial charge >= 0.3 is 0 Å². The van der Waals surface area contributed by atoms with Gasteiger partial charge in [-0.3, -0.25) is 9.48 Å². The lowest BCUT2D eigenvalue weighted by atomic mass is 10.2. The first-order chi connectivity index (χ1) is 12.8. The average molecular weight is 392 g/mol. The van der Waals surface area contributed by atoms with Gasteiger partial charge in [-0.1, -0.05) is 11.6 Å². The first-order valence-electron chi connectivity index (χ1n) is 8.29. The highest BCUT2D eigenvalue weighted by molar-refractivity contribution is 6.32. The van der Waals surface area contributed by atoms with Gasteiger partial charge in [0.25, 0.3) is 5.91 Å². The molecule has 6 nitrogen and oxygen atoms in total. The molecule has 0 bridgehead atoms. The summed E-state index contributed by atoms with van der Waals surface area (Å²) < 4.78 is 25.8. The van der Waals surface area contributed by atoms with Crippen molar-refractivity contribution in [2.24, 2.45) is 7.05 Å². The Bertz CT molecular complexity index is 981. The Morgan fingerprint density at radius 1 is 1.33 bits per heavy atom. The van der Waals surface area contributed by atoms with E-state index in [2.05, 4.69) is 10.4 Å². The molecule has 8 heteroatoms. The summed E-state index contributed by atoms with van der Waals surface area (Å²) in [4.78, 5) is 12.3. The molecule has 1 aromatic carbocycles. The van der Waals surface area contributed by atoms with Crippen LogP contribution in [-0.4, -0.2) is 15.7 Å². The van der Waals surface area contributed by atoms with Crippen molar-refractivity contribution >= 4 is 17.5 Å². The van der Waals surface area contributed by atoms with Crippen molar-refractivity contribution in [3.05, 3.63) is 69.6 Å². The summed E-state index contributed by atoms with van der Waals surface area (Å²) in [7, 11) is 1.86. The van der Waals surface area contributed by atoms with Crippen LogP contribution in [0.1, 0.15) is 33.3 Å². The molecule has 2 heterocycles. The van der Waals surface area contributed by atoms with Gasteiger partial charge in [0.05, 0.1) is 10.7 Å². The maximum Gasteiger partial charge on any atom is 0.287 e. The summed E-state index contributed by atoms with van der Waals surface area (Å²) in [5.41, 5.74) is 2.85. The summed E-state index contributed by atoms with van der Waals surface area (Å²) in [6.45, 7) is 4.28. The first kappa shape index (κ1) is 19.0. The topological polar surface area (TPSA) is 69.3 Å². The second-order valence-electron chi connectivity index (χ2n) is 6.09. The fraction of sp³-hybridized carbons (Fsp3) is 0.263. The smallest absolute Gasteiger partial charge is 0.287 e. The summed E-state index contributed by atoms with van der Waals surface area (Å²) >= 11 is 5.91. The molecule has 1 amide bonds. The highest BCUT2D eigenvalue weighted by Gasteiger charge is 2.15. The molecule has 2 aromatic heterocycles. The number of aromatic nitrogens is 2. The largest absolute Gasteiger partial charge is 0.484 e. The van der Waals surface area contributed by atoms with E-state index in [1.807, 2.05) is 20.9 Å². The number of ether oxygens (including phenoxy) is 1. The third-order valence-corrected chi connectivity index (χ3v) is 4.53. The highest BCUT2D eigenvalue weighted by Crippen LogP contribution is 2.26. The van der Waals surface area contributed by atoms with Crippen molar-refractivity contribution in [2.75, 3.05) is 0 Å². The van der Waals surface area contributed by atoms with Crippen LogP contribution in [0, 0.1) is 19.7 Å². The molecule has 0 fully saturated rings. The van der Waals surface area contributed by atoms with E-state index in [1.54, 1.807) is 16.8 Å². The zero-order valence-corrected chi connectivity index (χ0v) is 15.9. The van der Waals surface area contributed by atoms with Gasteiger partial charge in [-0.2, -0.15) is 5.10 Å². The minimum absolute atomic E-state index is 0.0689. The molecule has 142 valence electrons. The maximum atomic E-state index is 13.0. The molecule has 0 aliphatic rings. The molecular formula is C19H19ClFN3O3. The molecule has 0 radical (unpaired) electrons. The van der Waals surface area contributed by atoms with E-state index in [0.717, 1.165) is 17.0 Å². The molecule has 0 saturated carbocycles. The van der Waals surface area contributed by atoms with Crippen molar-refractivity contribution in [2.45, 2.75) is 27.0 Å². The van der Waals surface area contributed by atoms with E-state index in [-0.39, 0.29) is 23.3 Å². The number of amides is 1. The van der Waals surface area contributed by atoms with Gasteiger partial charge in [-0.15, -0.1) is 0 Å². The average Bonchev–Trinajstić information content (AvgIpc) is 3.18. The van der Waals surface area contributed by atoms with Crippen LogP contribution in [0.5, 0.6) is 5.75 Å². The molecule has 0 aliphatic carbocycles. The normalized spacial score (nSPS) is 10.9. The number of carbonyl (C=O) groups is 1. The lowest BCUT2D eigenvalue weighted by Gasteiger charge is -2.06. The Balaban J connectivity index is 1.58. The maximum absolute atomic E-state index is 13.0. The van der Waals surface area contributed by atoms with Crippen molar-refractivity contribution in [1.29, 1.82) is 0 Å². The van der Waals surface area contributed by atoms with E-state index >= 15 is 0 Å². The van der Waals surface area contributed by atoms with Crippen molar-refractivity contribution in [1.82, 2.24) is 15.1 Å². The lowest BCUT2D eigenvalue weighted by molar-refractivity contribution is 0.0919. The van der Waals surface area contributed by atoms with Crippen molar-refractivity contribution in [3.63, 3.8) is 0 Å². The predicted octanol–water partition coefficient (Wildman–Crippen LogP) is 3.93. The number of hydrogen-bond donors (Lipinski definition) is 1. The summed E-state index contributed by atoms with van der Waals surface area (Å²) in [6.07, 6.45) is 0. The Morgan fingerprint density at radius 3 is 2.78 bits per heavy atom. The first-order valence-corrected chi connectivity index (χ1v) is 8.66. The van der Waals surface area contributed by atoms with Crippen LogP contribution in [0.2, 0.25) is 5.02 Å². The second kappa shape index (κ2) is 7.84. The predicted molar refractivity (Wildman–Crippen MR) is 98.3 cm³/mol. The molecule has 1 N–H and O–H groups in total. The number of carbonyl (C=O) groups excluding carboxylic acids is 1. The highest BCUT2D eigenvalue weighted by atomic mass is 35.5. The van der Waals surface area contributed by atoms with E-state index < -0.39 is 5.82 Å². The van der Waals surface area contributed by atoms with E-state index in [9.17, 15) is 9.18 Å². The third-order valence-electron chi connectivity index (χ3n) is 4.23. The molecule has 3 rings (SSSR count). The van der Waals surface area contributed by atoms with Crippen LogP contribution in [0.25, 0.3) is 0 Å². The molecule has 3 aromatic rings. The van der Waals surface area contributed by atoms with Crippen LogP contribution in [0.4, 0.5) is 4.39 Å². The fourth-order valence-corrected chi connectivity index (χ4v) is 2.87. The number of benzene rings is 1. The van der Waals surface area contributed by atoms with Crippen molar-refractivity contribution in [3.8, 4) is 5.75 Å². The van der Waals surface area contributed by atoms with Gasteiger partial charge in [0.2, 0.25) is 0 Å². The Labute approximate surface area is 160 Å². The summed E-state index contributed by atoms with van der Waals surface area (Å²) in [5.74, 6) is 0.197. The monoisotopic (exact) mass is 391 g/mol. The Kier molecular flexibility index (Phi) is 5.51. The van der Waals surface area contributed by atoms with Gasteiger partial charge in [-0.25, -0.2) is 4.39 Å². The minimum Gasteiger partial charge on any atom is -0.484 e. The molecule has 0 aliphatic heterocycles. The van der Waals surface area contributed by atoms with Crippen LogP contribution >= 0.6 is 11.6 Å². The van der Waals surface area contributed by atoms with E-state index in [4.69, 9.17) is 20.8 Å². The van der Waals surface area contributed by atoms with E-state index in [0.29, 0.717) is 18.1 Å². The van der Waals surface area contributed by atoms with Crippen LogP contribution in [0.3, 0.4) is 0 Å². The number of furan rings is 1. The molecule has 0 unspecified atom stereocenters. The summed E-state index contributed by atoms with van der Waals surface area (Å²) in [5, 5.41) is 7.31. The van der Waals surface area contributed by atoms with Crippen LogP contribution < -0.4 is 10.1 Å². The molecule has 0 spiro atoms. The Hall–Kier alpha value is -2.80. The Morgan fingerprint density at radius 2 is 2.11 bits per heavy atom. The zero-order valence-electron chi connectivity index (χ0n) is 15.2. The standard InChI is InChI=1S/C19H19ClFN3O3/c1-11-15(12(2)24(3)23-11)9-22-19(25)18-7-5-14(27-18)10-26-17-6-4-13(21)8-16(17)20/h4-8H,9-10H2,1-3H3,(H,22,25). The quantitative estimate of drug-likeness (QED) is 0.691. The van der Waals surface area contributed by atoms with Gasteiger partial charge in [0.1, 0.15) is 23.9 Å². The number of rotatable bonds is 6. The SMILES string of the molecule is Cc1nn(C)c(C)c1CNC(=O)c1ccc(COc2ccc(F)cc2Cl)o1. The zero-order chi connectivity index (χ0) is 19.6. The van der Waals surface area contributed by atoms with Crippen molar-refractivity contribution < 1.29 is 18.3 Å². The van der Waals surface area contributed by atoms with Gasteiger partial charge in [0.15, 0.2) is 5.76 Å². The molecule has 0 atom stereocenters. The second-order valence-corrected chi connectivity index (χ2v) is 6.49. The fourth-order valence-electron chi connectivity index (χ4n) is 2.65. The van der Waals surface area contributed by atoms with Crippen LogP contribution in [-0.2, 0) is 20.2 Å². The number of nitrogens with zero attached hydrogens (tertiary/aromatic N) is 2. The number of aryl methyl sites for hydroxylation is 2. The van der Waals surface area contributed by atoms with Gasteiger partial charge in [0, 0.05) is 24.8 Å². The van der Waals surface area contributed by atoms with Crippen LogP contribution in [0.15, 0.2) is 34.7 Å². The number of hydrogen-bond acceptors (Lipinski definition) is 4.